The average molecular weight is 497 g/mol. The van der Waals surface area contributed by atoms with E-state index in [1.807, 2.05) is 17.9 Å². The van der Waals surface area contributed by atoms with Crippen LogP contribution in [0.25, 0.3) is 10.7 Å². The summed E-state index contributed by atoms with van der Waals surface area (Å²) < 4.78 is 8.05. The molecule has 0 radical (unpaired) electrons. The van der Waals surface area contributed by atoms with Crippen LogP contribution in [-0.2, 0) is 22.5 Å². The van der Waals surface area contributed by atoms with Gasteiger partial charge in [-0.15, -0.1) is 21.5 Å². The monoisotopic (exact) mass is 496 g/mol. The Bertz CT molecular complexity index is 1060. The normalized spacial score (nSPS) is 20.0. The molecule has 3 aromatic rings. The number of piperidine rings is 1. The minimum atomic E-state index is -0.200. The summed E-state index contributed by atoms with van der Waals surface area (Å²) >= 11 is 3.19. The van der Waals surface area contributed by atoms with Crippen molar-refractivity contribution in [1.29, 1.82) is 0 Å². The molecule has 2 fully saturated rings. The summed E-state index contributed by atoms with van der Waals surface area (Å²) in [7, 11) is 0. The van der Waals surface area contributed by atoms with Gasteiger partial charge in [-0.05, 0) is 62.0 Å². The molecule has 0 spiro atoms. The van der Waals surface area contributed by atoms with Gasteiger partial charge in [-0.3, -0.25) is 9.36 Å². The molecular formula is C26H32N4O2S2. The summed E-state index contributed by atoms with van der Waals surface area (Å²) in [6.07, 6.45) is 5.57. The Morgan fingerprint density at radius 2 is 1.97 bits per heavy atom. The molecule has 2 saturated heterocycles. The second kappa shape index (κ2) is 11.1. The molecule has 1 amide bonds. The van der Waals surface area contributed by atoms with Crippen LogP contribution in [0.3, 0.4) is 0 Å². The van der Waals surface area contributed by atoms with Crippen LogP contribution in [-0.4, -0.2) is 56.6 Å². The number of hydrogen-bond donors (Lipinski definition) is 0. The van der Waals surface area contributed by atoms with Crippen LogP contribution in [0.2, 0.25) is 0 Å². The first kappa shape index (κ1) is 23.6. The van der Waals surface area contributed by atoms with Crippen molar-refractivity contribution in [3.63, 3.8) is 0 Å². The van der Waals surface area contributed by atoms with Crippen LogP contribution in [0.15, 0.2) is 53.0 Å². The van der Waals surface area contributed by atoms with E-state index < -0.39 is 0 Å². The maximum atomic E-state index is 13.3. The second-order valence-corrected chi connectivity index (χ2v) is 11.5. The Balaban J connectivity index is 1.21. The topological polar surface area (TPSA) is 60.2 Å². The molecule has 5 rings (SSSR count). The quantitative estimate of drug-likeness (QED) is 0.404. The number of thiophene rings is 1. The zero-order chi connectivity index (χ0) is 23.3. The summed E-state index contributed by atoms with van der Waals surface area (Å²) in [6.45, 7) is 5.22. The lowest BCUT2D eigenvalue weighted by Gasteiger charge is -2.33. The smallest absolute Gasteiger partial charge is 0.235 e. The van der Waals surface area contributed by atoms with Crippen LogP contribution in [0, 0.1) is 5.92 Å². The first-order valence-corrected chi connectivity index (χ1v) is 14.0. The third-order valence-corrected chi connectivity index (χ3v) is 8.73. The highest BCUT2D eigenvalue weighted by atomic mass is 32.2. The van der Waals surface area contributed by atoms with Gasteiger partial charge in [-0.1, -0.05) is 48.2 Å². The van der Waals surface area contributed by atoms with Crippen LogP contribution < -0.4 is 0 Å². The van der Waals surface area contributed by atoms with Crippen LogP contribution >= 0.6 is 23.1 Å². The summed E-state index contributed by atoms with van der Waals surface area (Å²) in [5.41, 5.74) is 1.39. The molecule has 180 valence electrons. The molecule has 2 aliphatic heterocycles. The highest BCUT2D eigenvalue weighted by molar-refractivity contribution is 8.00. The number of hydrogen-bond acceptors (Lipinski definition) is 6. The molecular weight excluding hydrogens is 464 g/mol. The second-order valence-electron chi connectivity index (χ2n) is 9.25. The van der Waals surface area contributed by atoms with Crippen molar-refractivity contribution in [2.24, 2.45) is 5.92 Å². The number of aromatic nitrogens is 3. The molecule has 2 aliphatic rings. The van der Waals surface area contributed by atoms with E-state index >= 15 is 0 Å². The van der Waals surface area contributed by atoms with Gasteiger partial charge in [0.2, 0.25) is 5.91 Å². The van der Waals surface area contributed by atoms with Crippen LogP contribution in [0.5, 0.6) is 0 Å². The van der Waals surface area contributed by atoms with E-state index in [1.54, 1.807) is 11.3 Å². The zero-order valence-corrected chi connectivity index (χ0v) is 21.3. The number of benzene rings is 1. The highest BCUT2D eigenvalue weighted by Crippen LogP contribution is 2.32. The molecule has 1 aromatic carbocycles. The first-order chi connectivity index (χ1) is 16.7. The highest BCUT2D eigenvalue weighted by Gasteiger charge is 2.29. The van der Waals surface area contributed by atoms with Gasteiger partial charge in [-0.2, -0.15) is 0 Å². The van der Waals surface area contributed by atoms with Crippen molar-refractivity contribution in [2.75, 3.05) is 19.7 Å². The van der Waals surface area contributed by atoms with E-state index in [1.165, 1.54) is 17.3 Å². The number of nitrogens with zero attached hydrogens (tertiary/aromatic N) is 4. The van der Waals surface area contributed by atoms with Crippen molar-refractivity contribution in [1.82, 2.24) is 19.7 Å². The number of carbonyl (C=O) groups is 1. The summed E-state index contributed by atoms with van der Waals surface area (Å²) in [6, 6.07) is 14.8. The lowest BCUT2D eigenvalue weighted by molar-refractivity contribution is -0.131. The largest absolute Gasteiger partial charge is 0.376 e. The maximum absolute atomic E-state index is 13.3. The van der Waals surface area contributed by atoms with E-state index in [0.29, 0.717) is 5.92 Å². The van der Waals surface area contributed by atoms with Crippen LogP contribution in [0.1, 0.15) is 38.2 Å². The Hall–Kier alpha value is -2.16. The maximum Gasteiger partial charge on any atom is 0.235 e. The molecule has 8 heteroatoms. The van der Waals surface area contributed by atoms with Gasteiger partial charge < -0.3 is 9.64 Å². The minimum Gasteiger partial charge on any atom is -0.376 e. The van der Waals surface area contributed by atoms with Crippen molar-refractivity contribution < 1.29 is 9.53 Å². The van der Waals surface area contributed by atoms with Gasteiger partial charge >= 0.3 is 0 Å². The van der Waals surface area contributed by atoms with Gasteiger partial charge in [0.15, 0.2) is 11.0 Å². The third kappa shape index (κ3) is 5.56. The van der Waals surface area contributed by atoms with Gasteiger partial charge in [0.1, 0.15) is 0 Å². The molecule has 0 N–H and O–H groups in total. The number of likely N-dealkylation sites (tertiary alicyclic amines) is 1. The van der Waals surface area contributed by atoms with Crippen LogP contribution in [0.4, 0.5) is 0 Å². The molecule has 0 saturated carbocycles. The van der Waals surface area contributed by atoms with Crippen molar-refractivity contribution in [2.45, 2.75) is 62.1 Å². The fourth-order valence-corrected chi connectivity index (χ4v) is 6.55. The van der Waals surface area contributed by atoms with Crippen molar-refractivity contribution in [3.05, 3.63) is 53.4 Å². The zero-order valence-electron chi connectivity index (χ0n) is 19.6. The van der Waals surface area contributed by atoms with E-state index in [-0.39, 0.29) is 17.3 Å². The van der Waals surface area contributed by atoms with Crippen molar-refractivity contribution in [3.8, 4) is 10.7 Å². The number of carbonyl (C=O) groups excluding carboxylic acids is 1. The molecule has 0 bridgehead atoms. The summed E-state index contributed by atoms with van der Waals surface area (Å²) in [5.74, 6) is 1.72. The predicted molar refractivity (Wildman–Crippen MR) is 137 cm³/mol. The predicted octanol–water partition coefficient (Wildman–Crippen LogP) is 5.15. The fourth-order valence-electron chi connectivity index (χ4n) is 4.89. The SMILES string of the molecule is CC(Sc1nnc(-c2cccs2)n1CC1CCCO1)C(=O)N1CCC(Cc2ccccc2)CC1. The Morgan fingerprint density at radius 1 is 1.15 bits per heavy atom. The van der Waals surface area contributed by atoms with Gasteiger partial charge in [-0.25, -0.2) is 0 Å². The van der Waals surface area contributed by atoms with Gasteiger partial charge in [0, 0.05) is 19.7 Å². The Labute approximate surface area is 209 Å². The molecule has 2 aromatic heterocycles. The number of rotatable bonds is 8. The lowest BCUT2D eigenvalue weighted by Crippen LogP contribution is -2.42. The molecule has 34 heavy (non-hydrogen) atoms. The molecule has 2 unspecified atom stereocenters. The van der Waals surface area contributed by atoms with E-state index in [2.05, 4.69) is 56.5 Å². The molecule has 4 heterocycles. The number of amides is 1. The van der Waals surface area contributed by atoms with E-state index in [9.17, 15) is 4.79 Å². The number of ether oxygens (including phenoxy) is 1. The minimum absolute atomic E-state index is 0.184. The van der Waals surface area contributed by atoms with Gasteiger partial charge in [0.05, 0.1) is 22.8 Å². The summed E-state index contributed by atoms with van der Waals surface area (Å²) in [5, 5.41) is 11.7. The fraction of sp³-hybridized carbons (Fsp3) is 0.500. The lowest BCUT2D eigenvalue weighted by atomic mass is 9.90. The Morgan fingerprint density at radius 3 is 2.68 bits per heavy atom. The molecule has 0 aliphatic carbocycles. The van der Waals surface area contributed by atoms with Gasteiger partial charge in [0.25, 0.3) is 0 Å². The molecule has 6 nitrogen and oxygen atoms in total. The standard InChI is InChI=1S/C26H32N4O2S2/c1-19(25(31)29-13-11-21(12-14-29)17-20-7-3-2-4-8-20)34-26-28-27-24(23-10-6-16-33-23)30(26)18-22-9-5-15-32-22/h2-4,6-8,10,16,19,21-22H,5,9,11-15,17-18H2,1H3. The molecule has 2 atom stereocenters. The summed E-state index contributed by atoms with van der Waals surface area (Å²) in [4.78, 5) is 16.4. The Kier molecular flexibility index (Phi) is 7.67. The number of thioether (sulfide) groups is 1. The first-order valence-electron chi connectivity index (χ1n) is 12.3. The van der Waals surface area contributed by atoms with E-state index in [0.717, 1.165) is 74.2 Å². The third-order valence-electron chi connectivity index (χ3n) is 6.79. The van der Waals surface area contributed by atoms with Crippen molar-refractivity contribution >= 4 is 29.0 Å². The van der Waals surface area contributed by atoms with E-state index in [4.69, 9.17) is 4.74 Å². The average Bonchev–Trinajstić information content (AvgIpc) is 3.64.